The molecule has 0 aliphatic carbocycles. The molecule has 0 spiro atoms. The first kappa shape index (κ1) is 20.8. The molecule has 2 aromatic carbocycles. The monoisotopic (exact) mass is 388 g/mol. The van der Waals surface area contributed by atoms with Crippen molar-refractivity contribution in [3.05, 3.63) is 64.2 Å². The van der Waals surface area contributed by atoms with Gasteiger partial charge >= 0.3 is 5.97 Å². The number of aliphatic carboxylic acids is 1. The third-order valence-corrected chi connectivity index (χ3v) is 4.15. The van der Waals surface area contributed by atoms with Gasteiger partial charge in [0.2, 0.25) is 0 Å². The summed E-state index contributed by atoms with van der Waals surface area (Å²) in [5.41, 5.74) is 2.93. The number of hydrogen-bond donors (Lipinski definition) is 1. The highest BCUT2D eigenvalue weighted by molar-refractivity contribution is 6.30. The first-order chi connectivity index (χ1) is 12.7. The van der Waals surface area contributed by atoms with Gasteiger partial charge in [-0.05, 0) is 48.2 Å². The minimum absolute atomic E-state index is 0.0206. The number of carboxylic acid groups (broad SMARTS) is 1. The number of carboxylic acids is 1. The summed E-state index contributed by atoms with van der Waals surface area (Å²) in [4.78, 5) is 10.7. The molecule has 0 fully saturated rings. The van der Waals surface area contributed by atoms with E-state index in [9.17, 15) is 4.79 Å². The second kappa shape index (κ2) is 8.96. The van der Waals surface area contributed by atoms with Crippen LogP contribution in [0.25, 0.3) is 6.08 Å². The van der Waals surface area contributed by atoms with Crippen LogP contribution in [-0.2, 0) is 10.2 Å². The normalized spacial score (nSPS) is 11.6. The van der Waals surface area contributed by atoms with E-state index in [-0.39, 0.29) is 5.41 Å². The van der Waals surface area contributed by atoms with Gasteiger partial charge < -0.3 is 14.6 Å². The van der Waals surface area contributed by atoms with E-state index in [1.165, 1.54) is 11.6 Å². The predicted molar refractivity (Wildman–Crippen MR) is 109 cm³/mol. The number of rotatable bonds is 7. The van der Waals surface area contributed by atoms with E-state index >= 15 is 0 Å². The fraction of sp³-hybridized carbons (Fsp3) is 0.318. The maximum absolute atomic E-state index is 10.7. The highest BCUT2D eigenvalue weighted by Gasteiger charge is 2.19. The van der Waals surface area contributed by atoms with Crippen molar-refractivity contribution in [2.45, 2.75) is 33.1 Å². The first-order valence-corrected chi connectivity index (χ1v) is 9.12. The molecule has 0 aliphatic rings. The Bertz CT molecular complexity index is 835. The van der Waals surface area contributed by atoms with Crippen LogP contribution in [0, 0.1) is 6.92 Å². The highest BCUT2D eigenvalue weighted by Crippen LogP contribution is 2.32. The fourth-order valence-electron chi connectivity index (χ4n) is 2.60. The van der Waals surface area contributed by atoms with Crippen LogP contribution in [0.4, 0.5) is 0 Å². The van der Waals surface area contributed by atoms with Gasteiger partial charge in [0.1, 0.15) is 24.7 Å². The molecule has 0 heterocycles. The number of benzene rings is 2. The van der Waals surface area contributed by atoms with Crippen LogP contribution < -0.4 is 9.47 Å². The molecule has 0 amide bonds. The van der Waals surface area contributed by atoms with Crippen LogP contribution in [0.15, 0.2) is 42.5 Å². The van der Waals surface area contributed by atoms with Crippen molar-refractivity contribution in [3.63, 3.8) is 0 Å². The molecule has 2 rings (SSSR count). The molecule has 144 valence electrons. The lowest BCUT2D eigenvalue weighted by molar-refractivity contribution is -0.131. The van der Waals surface area contributed by atoms with E-state index in [1.54, 1.807) is 18.2 Å². The van der Waals surface area contributed by atoms with Crippen molar-refractivity contribution in [3.8, 4) is 11.5 Å². The molecule has 2 aromatic rings. The second-order valence-corrected chi connectivity index (χ2v) is 7.74. The smallest absolute Gasteiger partial charge is 0.328 e. The lowest BCUT2D eigenvalue weighted by Gasteiger charge is -2.23. The predicted octanol–water partition coefficient (Wildman–Crippen LogP) is 5.50. The molecule has 1 N–H and O–H groups in total. The molecule has 0 radical (unpaired) electrons. The van der Waals surface area contributed by atoms with Gasteiger partial charge in [-0.1, -0.05) is 50.1 Å². The largest absolute Gasteiger partial charge is 0.490 e. The van der Waals surface area contributed by atoms with Crippen molar-refractivity contribution in [1.29, 1.82) is 0 Å². The number of hydrogen-bond acceptors (Lipinski definition) is 3. The summed E-state index contributed by atoms with van der Waals surface area (Å²) in [6, 6.07) is 11.2. The summed E-state index contributed by atoms with van der Waals surface area (Å²) in [6.07, 6.45) is 2.51. The van der Waals surface area contributed by atoms with E-state index in [4.69, 9.17) is 26.2 Å². The average molecular weight is 389 g/mol. The fourth-order valence-corrected chi connectivity index (χ4v) is 2.78. The minimum Gasteiger partial charge on any atom is -0.490 e. The maximum Gasteiger partial charge on any atom is 0.328 e. The summed E-state index contributed by atoms with van der Waals surface area (Å²) in [5, 5.41) is 9.32. The average Bonchev–Trinajstić information content (AvgIpc) is 2.58. The zero-order valence-corrected chi connectivity index (χ0v) is 16.8. The Morgan fingerprint density at radius 1 is 1.07 bits per heavy atom. The van der Waals surface area contributed by atoms with E-state index in [0.29, 0.717) is 29.5 Å². The lowest BCUT2D eigenvalue weighted by atomic mass is 9.85. The zero-order chi connectivity index (χ0) is 20.0. The van der Waals surface area contributed by atoms with Gasteiger partial charge in [-0.3, -0.25) is 0 Å². The Morgan fingerprint density at radius 3 is 2.33 bits per heavy atom. The third kappa shape index (κ3) is 6.33. The molecule has 0 saturated carbocycles. The van der Waals surface area contributed by atoms with Crippen molar-refractivity contribution in [2.75, 3.05) is 13.2 Å². The summed E-state index contributed by atoms with van der Waals surface area (Å²) in [7, 11) is 0. The summed E-state index contributed by atoms with van der Waals surface area (Å²) >= 11 is 5.98. The van der Waals surface area contributed by atoms with E-state index in [0.717, 1.165) is 17.4 Å². The van der Waals surface area contributed by atoms with Crippen LogP contribution in [0.3, 0.4) is 0 Å². The van der Waals surface area contributed by atoms with Gasteiger partial charge in [0.05, 0.1) is 0 Å². The zero-order valence-electron chi connectivity index (χ0n) is 16.1. The van der Waals surface area contributed by atoms with Crippen LogP contribution >= 0.6 is 11.6 Å². The molecule has 0 atom stereocenters. The van der Waals surface area contributed by atoms with Crippen LogP contribution in [-0.4, -0.2) is 24.3 Å². The molecule has 5 heteroatoms. The summed E-state index contributed by atoms with van der Waals surface area (Å²) in [5.74, 6) is 0.373. The Balaban J connectivity index is 2.03. The Hall–Kier alpha value is -2.46. The maximum atomic E-state index is 10.7. The Morgan fingerprint density at radius 2 is 1.70 bits per heavy atom. The topological polar surface area (TPSA) is 55.8 Å². The van der Waals surface area contributed by atoms with Crippen molar-refractivity contribution < 1.29 is 19.4 Å². The van der Waals surface area contributed by atoms with Crippen LogP contribution in [0.1, 0.15) is 37.5 Å². The molecule has 4 nitrogen and oxygen atoms in total. The second-order valence-electron chi connectivity index (χ2n) is 7.30. The quantitative estimate of drug-likeness (QED) is 0.502. The summed E-state index contributed by atoms with van der Waals surface area (Å²) < 4.78 is 11.7. The van der Waals surface area contributed by atoms with Crippen LogP contribution in [0.5, 0.6) is 11.5 Å². The minimum atomic E-state index is -1.03. The first-order valence-electron chi connectivity index (χ1n) is 8.74. The Kier molecular flexibility index (Phi) is 6.92. The molecular formula is C22H25ClO4. The van der Waals surface area contributed by atoms with Gasteiger partial charge in [-0.15, -0.1) is 0 Å². The van der Waals surface area contributed by atoms with E-state index in [1.807, 2.05) is 12.1 Å². The molecule has 0 bridgehead atoms. The van der Waals surface area contributed by atoms with Gasteiger partial charge in [0.15, 0.2) is 0 Å². The van der Waals surface area contributed by atoms with Crippen molar-refractivity contribution in [1.82, 2.24) is 0 Å². The van der Waals surface area contributed by atoms with Crippen molar-refractivity contribution >= 4 is 23.6 Å². The van der Waals surface area contributed by atoms with E-state index < -0.39 is 5.97 Å². The number of aryl methyl sites for hydroxylation is 1. The van der Waals surface area contributed by atoms with Gasteiger partial charge in [0, 0.05) is 16.7 Å². The number of halogens is 1. The van der Waals surface area contributed by atoms with E-state index in [2.05, 4.69) is 33.8 Å². The summed E-state index contributed by atoms with van der Waals surface area (Å²) in [6.45, 7) is 9.22. The van der Waals surface area contributed by atoms with Crippen molar-refractivity contribution in [2.24, 2.45) is 0 Å². The van der Waals surface area contributed by atoms with Crippen LogP contribution in [0.2, 0.25) is 5.02 Å². The number of carbonyl (C=O) groups is 1. The highest BCUT2D eigenvalue weighted by atomic mass is 35.5. The molecule has 0 aliphatic heterocycles. The SMILES string of the molecule is Cc1ccc(OCCOc2ccc(Cl)cc2C=CC(=O)O)c(C(C)(C)C)c1. The molecule has 27 heavy (non-hydrogen) atoms. The molecule has 0 saturated heterocycles. The molecule has 0 unspecified atom stereocenters. The third-order valence-electron chi connectivity index (χ3n) is 3.92. The Labute approximate surface area is 165 Å². The standard InChI is InChI=1S/C22H25ClO4/c1-15-5-8-20(18(13-15)22(2,3)4)27-12-11-26-19-9-7-17(23)14-16(19)6-10-21(24)25/h5-10,13-14H,11-12H2,1-4H3,(H,24,25). The van der Waals surface area contributed by atoms with Gasteiger partial charge in [-0.2, -0.15) is 0 Å². The van der Waals surface area contributed by atoms with Gasteiger partial charge in [-0.25, -0.2) is 4.79 Å². The lowest BCUT2D eigenvalue weighted by Crippen LogP contribution is -2.16. The van der Waals surface area contributed by atoms with Gasteiger partial charge in [0.25, 0.3) is 0 Å². The molecule has 0 aromatic heterocycles. The molecular weight excluding hydrogens is 364 g/mol. The number of ether oxygens (including phenoxy) is 2.